The van der Waals surface area contributed by atoms with Crippen LogP contribution in [-0.4, -0.2) is 14.5 Å². The van der Waals surface area contributed by atoms with E-state index in [0.29, 0.717) is 17.4 Å². The maximum absolute atomic E-state index is 11.5. The van der Waals surface area contributed by atoms with Gasteiger partial charge in [0, 0.05) is 10.7 Å². The number of ether oxygens (including phenoxy) is 1. The summed E-state index contributed by atoms with van der Waals surface area (Å²) in [4.78, 5) is 0.166. The molecule has 0 spiro atoms. The lowest BCUT2D eigenvalue weighted by atomic mass is 9.82. The molecule has 3 nitrogen and oxygen atoms in total. The zero-order chi connectivity index (χ0) is 15.8. The van der Waals surface area contributed by atoms with E-state index in [1.165, 1.54) is 6.42 Å². The molecule has 1 aliphatic carbocycles. The predicted octanol–water partition coefficient (Wildman–Crippen LogP) is 4.43. The second-order valence-corrected chi connectivity index (χ2v) is 9.01. The zero-order valence-corrected chi connectivity index (χ0v) is 14.6. The van der Waals surface area contributed by atoms with Crippen LogP contribution in [0.25, 0.3) is 0 Å². The third kappa shape index (κ3) is 4.13. The summed E-state index contributed by atoms with van der Waals surface area (Å²) in [7, 11) is 1.74. The Hall–Kier alpha value is -0.740. The molecule has 118 valence electrons. The van der Waals surface area contributed by atoms with E-state index in [-0.39, 0.29) is 11.0 Å². The van der Waals surface area contributed by atoms with Gasteiger partial charge >= 0.3 is 0 Å². The molecule has 0 radical (unpaired) electrons. The first-order chi connectivity index (χ1) is 9.66. The van der Waals surface area contributed by atoms with E-state index in [2.05, 4.69) is 13.8 Å². The predicted molar refractivity (Wildman–Crippen MR) is 85.5 cm³/mol. The molecule has 21 heavy (non-hydrogen) atoms. The van der Waals surface area contributed by atoms with Crippen molar-refractivity contribution < 1.29 is 13.2 Å². The molecule has 2 rings (SSSR count). The maximum Gasteiger partial charge on any atom is 0.261 e. The van der Waals surface area contributed by atoms with Crippen molar-refractivity contribution in [2.24, 2.45) is 11.8 Å². The van der Waals surface area contributed by atoms with E-state index in [1.807, 2.05) is 6.92 Å². The fraction of sp³-hybridized carbons (Fsp3) is 0.625. The summed E-state index contributed by atoms with van der Waals surface area (Å²) in [6.45, 7) is 8.12. The third-order valence-electron chi connectivity index (χ3n) is 4.16. The average molecular weight is 331 g/mol. The van der Waals surface area contributed by atoms with Crippen molar-refractivity contribution in [3.8, 4) is 5.75 Å². The first-order valence-electron chi connectivity index (χ1n) is 7.39. The van der Waals surface area contributed by atoms with Gasteiger partial charge in [0.1, 0.15) is 5.75 Å². The standard InChI is InChI=1S/C16H23ClO3S/c1-10-5-11(2)7-14(6-10)20-15-8-13(4)16(9-12(15)3)21(17,18)19/h8-11,14H,5-7H2,1-4H3. The Labute approximate surface area is 132 Å². The number of rotatable bonds is 3. The van der Waals surface area contributed by atoms with E-state index < -0.39 is 9.05 Å². The number of hydrogen-bond donors (Lipinski definition) is 0. The van der Waals surface area contributed by atoms with E-state index in [9.17, 15) is 8.42 Å². The monoisotopic (exact) mass is 330 g/mol. The molecular formula is C16H23ClO3S. The van der Waals surface area contributed by atoms with Crippen LogP contribution in [0.1, 0.15) is 44.2 Å². The van der Waals surface area contributed by atoms with Crippen molar-refractivity contribution in [1.82, 2.24) is 0 Å². The van der Waals surface area contributed by atoms with Crippen LogP contribution in [0.5, 0.6) is 5.75 Å². The summed E-state index contributed by atoms with van der Waals surface area (Å²) >= 11 is 0. The molecule has 1 aromatic carbocycles. The van der Waals surface area contributed by atoms with Gasteiger partial charge in [-0.05, 0) is 68.2 Å². The fourth-order valence-corrected chi connectivity index (χ4v) is 4.56. The van der Waals surface area contributed by atoms with Gasteiger partial charge in [0.2, 0.25) is 0 Å². The molecule has 0 aromatic heterocycles. The SMILES string of the molecule is Cc1cc(S(=O)(=O)Cl)c(C)cc1OC1CC(C)CC(C)C1. The van der Waals surface area contributed by atoms with Crippen molar-refractivity contribution >= 4 is 19.7 Å². The highest BCUT2D eigenvalue weighted by atomic mass is 35.7. The van der Waals surface area contributed by atoms with Crippen LogP contribution in [0.3, 0.4) is 0 Å². The average Bonchev–Trinajstić information content (AvgIpc) is 2.30. The highest BCUT2D eigenvalue weighted by molar-refractivity contribution is 8.13. The summed E-state index contributed by atoms with van der Waals surface area (Å²) in [6.07, 6.45) is 3.57. The van der Waals surface area contributed by atoms with Crippen molar-refractivity contribution in [3.63, 3.8) is 0 Å². The van der Waals surface area contributed by atoms with E-state index in [1.54, 1.807) is 19.1 Å². The molecule has 0 heterocycles. The quantitative estimate of drug-likeness (QED) is 0.770. The van der Waals surface area contributed by atoms with Gasteiger partial charge in [-0.15, -0.1) is 0 Å². The van der Waals surface area contributed by atoms with Crippen LogP contribution < -0.4 is 4.74 Å². The van der Waals surface area contributed by atoms with Crippen molar-refractivity contribution in [2.75, 3.05) is 0 Å². The zero-order valence-electron chi connectivity index (χ0n) is 13.0. The van der Waals surface area contributed by atoms with Gasteiger partial charge in [0.25, 0.3) is 9.05 Å². The Balaban J connectivity index is 2.23. The van der Waals surface area contributed by atoms with Gasteiger partial charge in [0.15, 0.2) is 0 Å². The lowest BCUT2D eigenvalue weighted by molar-refractivity contribution is 0.100. The van der Waals surface area contributed by atoms with E-state index in [0.717, 1.165) is 24.2 Å². The third-order valence-corrected chi connectivity index (χ3v) is 5.63. The normalized spacial score (nSPS) is 26.6. The van der Waals surface area contributed by atoms with Gasteiger partial charge in [0.05, 0.1) is 11.0 Å². The molecule has 0 saturated heterocycles. The molecule has 0 amide bonds. The van der Waals surface area contributed by atoms with Crippen molar-refractivity contribution in [1.29, 1.82) is 0 Å². The molecule has 1 fully saturated rings. The molecule has 0 bridgehead atoms. The summed E-state index contributed by atoms with van der Waals surface area (Å²) in [5, 5.41) is 0. The van der Waals surface area contributed by atoms with Gasteiger partial charge in [-0.25, -0.2) is 8.42 Å². The highest BCUT2D eigenvalue weighted by Crippen LogP contribution is 2.34. The van der Waals surface area contributed by atoms with Gasteiger partial charge < -0.3 is 4.74 Å². The molecular weight excluding hydrogens is 308 g/mol. The molecule has 0 N–H and O–H groups in total. The first kappa shape index (κ1) is 16.6. The molecule has 1 aliphatic rings. The minimum Gasteiger partial charge on any atom is -0.490 e. The van der Waals surface area contributed by atoms with Crippen LogP contribution >= 0.6 is 10.7 Å². The van der Waals surface area contributed by atoms with Crippen molar-refractivity contribution in [2.45, 2.75) is 58.0 Å². The lowest BCUT2D eigenvalue weighted by Gasteiger charge is -2.32. The summed E-state index contributed by atoms with van der Waals surface area (Å²) in [5.41, 5.74) is 1.44. The Morgan fingerprint density at radius 2 is 1.62 bits per heavy atom. The molecule has 1 aromatic rings. The lowest BCUT2D eigenvalue weighted by Crippen LogP contribution is -2.28. The van der Waals surface area contributed by atoms with Crippen LogP contribution in [-0.2, 0) is 9.05 Å². The summed E-state index contributed by atoms with van der Waals surface area (Å²) in [6, 6.07) is 3.39. The van der Waals surface area contributed by atoms with Crippen LogP contribution in [0.2, 0.25) is 0 Å². The van der Waals surface area contributed by atoms with E-state index in [4.69, 9.17) is 15.4 Å². The maximum atomic E-state index is 11.5. The van der Waals surface area contributed by atoms with Gasteiger partial charge in [-0.3, -0.25) is 0 Å². The van der Waals surface area contributed by atoms with Crippen LogP contribution in [0.15, 0.2) is 17.0 Å². The molecule has 2 unspecified atom stereocenters. The Kier molecular flexibility index (Phi) is 4.89. The van der Waals surface area contributed by atoms with Crippen LogP contribution in [0.4, 0.5) is 0 Å². The second-order valence-electron chi connectivity index (χ2n) is 6.48. The van der Waals surface area contributed by atoms with Gasteiger partial charge in [-0.1, -0.05) is 13.8 Å². The molecule has 0 aliphatic heterocycles. The largest absolute Gasteiger partial charge is 0.490 e. The van der Waals surface area contributed by atoms with Gasteiger partial charge in [-0.2, -0.15) is 0 Å². The van der Waals surface area contributed by atoms with Crippen LogP contribution in [0, 0.1) is 25.7 Å². The first-order valence-corrected chi connectivity index (χ1v) is 9.70. The smallest absolute Gasteiger partial charge is 0.261 e. The molecule has 5 heteroatoms. The number of benzene rings is 1. The Morgan fingerprint density at radius 3 is 2.14 bits per heavy atom. The number of hydrogen-bond acceptors (Lipinski definition) is 3. The molecule has 2 atom stereocenters. The number of halogens is 1. The Morgan fingerprint density at radius 1 is 1.05 bits per heavy atom. The topological polar surface area (TPSA) is 43.4 Å². The second kappa shape index (κ2) is 6.17. The fourth-order valence-electron chi connectivity index (χ4n) is 3.30. The number of aryl methyl sites for hydroxylation is 2. The Bertz CT molecular complexity index is 615. The van der Waals surface area contributed by atoms with Crippen molar-refractivity contribution in [3.05, 3.63) is 23.3 Å². The highest BCUT2D eigenvalue weighted by Gasteiger charge is 2.26. The minimum absolute atomic E-state index is 0.166. The molecule has 1 saturated carbocycles. The van der Waals surface area contributed by atoms with E-state index >= 15 is 0 Å². The summed E-state index contributed by atoms with van der Waals surface area (Å²) < 4.78 is 29.2. The summed E-state index contributed by atoms with van der Waals surface area (Å²) in [5.74, 6) is 2.10. The minimum atomic E-state index is -3.71.